The van der Waals surface area contributed by atoms with E-state index in [1.165, 1.54) is 0 Å². The second-order valence-corrected chi connectivity index (χ2v) is 6.21. The zero-order valence-electron chi connectivity index (χ0n) is 16.0. The van der Waals surface area contributed by atoms with Crippen molar-refractivity contribution in [3.8, 4) is 5.75 Å². The highest BCUT2D eigenvalue weighted by Crippen LogP contribution is 2.24. The molecule has 0 spiro atoms. The van der Waals surface area contributed by atoms with Crippen LogP contribution in [0.1, 0.15) is 36.0 Å². The number of carbonyl (C=O) groups is 3. The van der Waals surface area contributed by atoms with Gasteiger partial charge in [0.2, 0.25) is 6.79 Å². The van der Waals surface area contributed by atoms with E-state index in [1.807, 2.05) is 0 Å². The molecule has 156 valence electrons. The standard InChI is InChI=1S/C21H24O8/c1-3-19(22)27-13-25-16-7-5-15(6-8-16)21(24)29-18-11-9-17(10-12-18)26-14-28-20(23)4-2/h3-8,17-18H,1-2,9-14H2. The molecule has 1 aliphatic rings. The zero-order valence-corrected chi connectivity index (χ0v) is 16.0. The maximum Gasteiger partial charge on any atom is 0.338 e. The molecule has 0 N–H and O–H groups in total. The number of hydrogen-bond donors (Lipinski definition) is 0. The van der Waals surface area contributed by atoms with Crippen LogP contribution in [-0.4, -0.2) is 43.7 Å². The second-order valence-electron chi connectivity index (χ2n) is 6.21. The van der Waals surface area contributed by atoms with Crippen LogP contribution >= 0.6 is 0 Å². The molecule has 1 aliphatic carbocycles. The van der Waals surface area contributed by atoms with E-state index < -0.39 is 17.9 Å². The summed E-state index contributed by atoms with van der Waals surface area (Å²) in [4.78, 5) is 34.2. The molecule has 1 aromatic rings. The van der Waals surface area contributed by atoms with Crippen LogP contribution in [0.2, 0.25) is 0 Å². The van der Waals surface area contributed by atoms with E-state index in [-0.39, 0.29) is 25.8 Å². The van der Waals surface area contributed by atoms with Crippen LogP contribution in [0.3, 0.4) is 0 Å². The predicted octanol–water partition coefficient (Wildman–Crippen LogP) is 2.92. The molecule has 29 heavy (non-hydrogen) atoms. The van der Waals surface area contributed by atoms with Gasteiger partial charge in [-0.25, -0.2) is 14.4 Å². The Morgan fingerprint density at radius 1 is 0.862 bits per heavy atom. The number of benzene rings is 1. The lowest BCUT2D eigenvalue weighted by atomic mass is 9.95. The van der Waals surface area contributed by atoms with Gasteiger partial charge in [0.25, 0.3) is 0 Å². The Bertz CT molecular complexity index is 717. The third-order valence-electron chi connectivity index (χ3n) is 4.25. The van der Waals surface area contributed by atoms with Gasteiger partial charge < -0.3 is 23.7 Å². The van der Waals surface area contributed by atoms with Crippen molar-refractivity contribution in [3.05, 3.63) is 55.1 Å². The molecule has 2 rings (SSSR count). The van der Waals surface area contributed by atoms with Gasteiger partial charge >= 0.3 is 17.9 Å². The molecule has 8 heteroatoms. The summed E-state index contributed by atoms with van der Waals surface area (Å²) in [6.07, 6.45) is 4.65. The van der Waals surface area contributed by atoms with Crippen LogP contribution in [0.4, 0.5) is 0 Å². The average Bonchev–Trinajstić information content (AvgIpc) is 2.75. The first-order valence-electron chi connectivity index (χ1n) is 9.15. The molecule has 0 aliphatic heterocycles. The van der Waals surface area contributed by atoms with E-state index in [0.29, 0.717) is 37.0 Å². The highest BCUT2D eigenvalue weighted by atomic mass is 16.7. The third kappa shape index (κ3) is 7.79. The summed E-state index contributed by atoms with van der Waals surface area (Å²) in [5, 5.41) is 0. The molecule has 0 unspecified atom stereocenters. The molecule has 0 saturated heterocycles. The van der Waals surface area contributed by atoms with E-state index in [4.69, 9.17) is 23.7 Å². The van der Waals surface area contributed by atoms with Crippen molar-refractivity contribution < 1.29 is 38.1 Å². The minimum absolute atomic E-state index is 0.0332. The van der Waals surface area contributed by atoms with Gasteiger partial charge in [-0.3, -0.25) is 0 Å². The Morgan fingerprint density at radius 3 is 2.00 bits per heavy atom. The number of esters is 3. The Hall–Kier alpha value is -3.13. The van der Waals surface area contributed by atoms with Gasteiger partial charge in [-0.05, 0) is 49.9 Å². The summed E-state index contributed by atoms with van der Waals surface area (Å²) in [5.41, 5.74) is 0.398. The first-order valence-corrected chi connectivity index (χ1v) is 9.15. The number of ether oxygens (including phenoxy) is 5. The maximum atomic E-state index is 12.3. The molecule has 1 saturated carbocycles. The fourth-order valence-corrected chi connectivity index (χ4v) is 2.69. The normalized spacial score (nSPS) is 18.2. The molecule has 0 atom stereocenters. The fourth-order valence-electron chi connectivity index (χ4n) is 2.69. The minimum atomic E-state index is -0.580. The Kier molecular flexibility index (Phi) is 8.91. The summed E-state index contributed by atoms with van der Waals surface area (Å²) in [7, 11) is 0. The second kappa shape index (κ2) is 11.7. The SMILES string of the molecule is C=CC(=O)OCOc1ccc(C(=O)OC2CCC(OCOC(=O)C=C)CC2)cc1. The van der Waals surface area contributed by atoms with Crippen LogP contribution < -0.4 is 4.74 Å². The van der Waals surface area contributed by atoms with Crippen LogP contribution in [0.5, 0.6) is 5.75 Å². The number of hydrogen-bond acceptors (Lipinski definition) is 8. The average molecular weight is 404 g/mol. The lowest BCUT2D eigenvalue weighted by Crippen LogP contribution is -2.29. The summed E-state index contributed by atoms with van der Waals surface area (Å²) < 4.78 is 25.8. The fraction of sp³-hybridized carbons (Fsp3) is 0.381. The van der Waals surface area contributed by atoms with Gasteiger partial charge in [0.1, 0.15) is 11.9 Å². The van der Waals surface area contributed by atoms with Gasteiger partial charge in [-0.2, -0.15) is 0 Å². The number of carbonyl (C=O) groups excluding carboxylic acids is 3. The van der Waals surface area contributed by atoms with Gasteiger partial charge in [0, 0.05) is 12.2 Å². The zero-order chi connectivity index (χ0) is 21.1. The van der Waals surface area contributed by atoms with Crippen molar-refractivity contribution in [2.24, 2.45) is 0 Å². The summed E-state index contributed by atoms with van der Waals surface area (Å²) >= 11 is 0. The quantitative estimate of drug-likeness (QED) is 0.254. The van der Waals surface area contributed by atoms with Crippen LogP contribution in [0.25, 0.3) is 0 Å². The Morgan fingerprint density at radius 2 is 1.41 bits per heavy atom. The van der Waals surface area contributed by atoms with Crippen molar-refractivity contribution in [2.45, 2.75) is 37.9 Å². The van der Waals surface area contributed by atoms with Crippen molar-refractivity contribution in [2.75, 3.05) is 13.6 Å². The smallest absolute Gasteiger partial charge is 0.338 e. The molecule has 1 fully saturated rings. The van der Waals surface area contributed by atoms with E-state index in [1.54, 1.807) is 24.3 Å². The van der Waals surface area contributed by atoms with Crippen LogP contribution in [0, 0.1) is 0 Å². The molecule has 8 nitrogen and oxygen atoms in total. The minimum Gasteiger partial charge on any atom is -0.459 e. The lowest BCUT2D eigenvalue weighted by Gasteiger charge is -2.28. The van der Waals surface area contributed by atoms with E-state index >= 15 is 0 Å². The third-order valence-corrected chi connectivity index (χ3v) is 4.25. The molecule has 1 aromatic carbocycles. The summed E-state index contributed by atoms with van der Waals surface area (Å²) in [5.74, 6) is -1.07. The van der Waals surface area contributed by atoms with E-state index in [2.05, 4.69) is 13.2 Å². The van der Waals surface area contributed by atoms with Crippen molar-refractivity contribution in [1.82, 2.24) is 0 Å². The van der Waals surface area contributed by atoms with Gasteiger partial charge in [-0.15, -0.1) is 0 Å². The topological polar surface area (TPSA) is 97.4 Å². The molecule has 0 radical (unpaired) electrons. The monoisotopic (exact) mass is 404 g/mol. The summed E-state index contributed by atoms with van der Waals surface area (Å²) in [6.45, 7) is 6.24. The van der Waals surface area contributed by atoms with Crippen molar-refractivity contribution >= 4 is 17.9 Å². The van der Waals surface area contributed by atoms with Crippen LogP contribution in [-0.2, 0) is 28.5 Å². The van der Waals surface area contributed by atoms with Crippen molar-refractivity contribution in [3.63, 3.8) is 0 Å². The first kappa shape index (κ1) is 22.2. The highest BCUT2D eigenvalue weighted by molar-refractivity contribution is 5.89. The van der Waals surface area contributed by atoms with Gasteiger partial charge in [0.15, 0.2) is 6.79 Å². The predicted molar refractivity (Wildman–Crippen MR) is 102 cm³/mol. The Labute approximate surface area is 169 Å². The first-order chi connectivity index (χ1) is 14.0. The molecular formula is C21H24O8. The maximum absolute atomic E-state index is 12.3. The Balaban J connectivity index is 1.69. The molecule has 0 heterocycles. The summed E-state index contributed by atoms with van der Waals surface area (Å²) in [6, 6.07) is 6.34. The van der Waals surface area contributed by atoms with E-state index in [0.717, 1.165) is 12.2 Å². The van der Waals surface area contributed by atoms with Gasteiger partial charge in [-0.1, -0.05) is 13.2 Å². The van der Waals surface area contributed by atoms with Crippen molar-refractivity contribution in [1.29, 1.82) is 0 Å². The van der Waals surface area contributed by atoms with Gasteiger partial charge in [0.05, 0.1) is 11.7 Å². The lowest BCUT2D eigenvalue weighted by molar-refractivity contribution is -0.157. The molecule has 0 aromatic heterocycles. The molecular weight excluding hydrogens is 380 g/mol. The largest absolute Gasteiger partial charge is 0.459 e. The van der Waals surface area contributed by atoms with Crippen LogP contribution in [0.15, 0.2) is 49.6 Å². The number of rotatable bonds is 10. The highest BCUT2D eigenvalue weighted by Gasteiger charge is 2.25. The molecule has 0 bridgehead atoms. The van der Waals surface area contributed by atoms with E-state index in [9.17, 15) is 14.4 Å². The molecule has 0 amide bonds.